The molecule has 0 atom stereocenters. The van der Waals surface area contributed by atoms with Crippen LogP contribution in [0.1, 0.15) is 49.4 Å². The Hall–Kier alpha value is -1.84. The second kappa shape index (κ2) is 5.51. The Kier molecular flexibility index (Phi) is 3.70. The summed E-state index contributed by atoms with van der Waals surface area (Å²) in [6.45, 7) is 1.96. The Bertz CT molecular complexity index is 654. The smallest absolute Gasteiger partial charge is 0.131 e. The van der Waals surface area contributed by atoms with Crippen molar-refractivity contribution in [1.29, 1.82) is 0 Å². The molecule has 0 aliphatic heterocycles. The lowest BCUT2D eigenvalue weighted by Crippen LogP contribution is -2.11. The molecule has 0 radical (unpaired) electrons. The molecule has 0 amide bonds. The monoisotopic (exact) mass is 287 g/mol. The Morgan fingerprint density at radius 1 is 1.24 bits per heavy atom. The number of hydrogen-bond acceptors (Lipinski definition) is 2. The number of rotatable bonds is 2. The topological polar surface area (TPSA) is 43.8 Å². The third kappa shape index (κ3) is 2.55. The zero-order valence-electron chi connectivity index (χ0n) is 12.7. The van der Waals surface area contributed by atoms with Crippen LogP contribution < -0.4 is 5.73 Å². The number of nitrogens with two attached hydrogens (primary N) is 1. The Morgan fingerprint density at radius 2 is 1.95 bits per heavy atom. The second-order valence-electron chi connectivity index (χ2n) is 6.06. The number of hydrogen-bond donors (Lipinski definition) is 1. The highest BCUT2D eigenvalue weighted by Crippen LogP contribution is 2.36. The van der Waals surface area contributed by atoms with Crippen molar-refractivity contribution in [2.24, 2.45) is 7.05 Å². The third-order valence-corrected chi connectivity index (χ3v) is 4.60. The van der Waals surface area contributed by atoms with E-state index in [4.69, 9.17) is 10.7 Å². The molecule has 0 spiro atoms. The molecule has 1 saturated carbocycles. The van der Waals surface area contributed by atoms with Crippen LogP contribution in [0.15, 0.2) is 18.2 Å². The van der Waals surface area contributed by atoms with Gasteiger partial charge in [0.05, 0.1) is 0 Å². The molecule has 0 bridgehead atoms. The molecule has 1 fully saturated rings. The minimum atomic E-state index is -0.250. The van der Waals surface area contributed by atoms with E-state index in [2.05, 4.69) is 0 Å². The zero-order chi connectivity index (χ0) is 15.0. The summed E-state index contributed by atoms with van der Waals surface area (Å²) in [6.07, 6.45) is 6.17. The molecular weight excluding hydrogens is 265 g/mol. The van der Waals surface area contributed by atoms with Crippen LogP contribution in [0.2, 0.25) is 0 Å². The van der Waals surface area contributed by atoms with E-state index in [1.807, 2.05) is 18.5 Å². The summed E-state index contributed by atoms with van der Waals surface area (Å²) in [5.41, 5.74) is 8.75. The highest BCUT2D eigenvalue weighted by atomic mass is 19.1. The lowest BCUT2D eigenvalue weighted by atomic mass is 9.89. The number of nitrogen functional groups attached to an aromatic ring is 1. The van der Waals surface area contributed by atoms with Crippen LogP contribution >= 0.6 is 0 Å². The molecule has 1 aromatic carbocycles. The van der Waals surface area contributed by atoms with Crippen LogP contribution in [0, 0.1) is 12.7 Å². The number of imidazole rings is 1. The summed E-state index contributed by atoms with van der Waals surface area (Å²) in [5, 5.41) is 0. The van der Waals surface area contributed by atoms with Crippen molar-refractivity contribution in [1.82, 2.24) is 9.55 Å². The molecule has 0 saturated heterocycles. The van der Waals surface area contributed by atoms with E-state index >= 15 is 0 Å². The summed E-state index contributed by atoms with van der Waals surface area (Å²) >= 11 is 0. The Balaban J connectivity index is 2.05. The van der Waals surface area contributed by atoms with E-state index in [1.54, 1.807) is 6.07 Å². The fourth-order valence-corrected chi connectivity index (χ4v) is 3.30. The lowest BCUT2D eigenvalue weighted by molar-refractivity contribution is 0.422. The van der Waals surface area contributed by atoms with Crippen molar-refractivity contribution in [2.75, 3.05) is 5.73 Å². The van der Waals surface area contributed by atoms with E-state index in [9.17, 15) is 4.39 Å². The second-order valence-corrected chi connectivity index (χ2v) is 6.06. The summed E-state index contributed by atoms with van der Waals surface area (Å²) in [7, 11) is 1.96. The van der Waals surface area contributed by atoms with Gasteiger partial charge in [-0.1, -0.05) is 25.3 Å². The third-order valence-electron chi connectivity index (χ3n) is 4.60. The molecule has 2 N–H and O–H groups in total. The van der Waals surface area contributed by atoms with Crippen LogP contribution in [0.3, 0.4) is 0 Å². The first-order valence-electron chi connectivity index (χ1n) is 7.66. The molecule has 3 rings (SSSR count). The molecule has 0 unspecified atom stereocenters. The van der Waals surface area contributed by atoms with Crippen molar-refractivity contribution in [2.45, 2.75) is 44.9 Å². The van der Waals surface area contributed by atoms with Crippen molar-refractivity contribution in [3.63, 3.8) is 0 Å². The molecule has 3 nitrogen and oxygen atoms in total. The predicted octanol–water partition coefficient (Wildman–Crippen LogP) is 4.16. The quantitative estimate of drug-likeness (QED) is 0.901. The fourth-order valence-electron chi connectivity index (χ4n) is 3.30. The highest BCUT2D eigenvalue weighted by molar-refractivity contribution is 5.73. The van der Waals surface area contributed by atoms with Crippen molar-refractivity contribution in [3.8, 4) is 11.3 Å². The summed E-state index contributed by atoms with van der Waals surface area (Å²) in [6, 6.07) is 4.78. The molecule has 1 heterocycles. The van der Waals surface area contributed by atoms with Gasteiger partial charge in [0.1, 0.15) is 23.2 Å². The van der Waals surface area contributed by atoms with Gasteiger partial charge >= 0.3 is 0 Å². The molecule has 1 aromatic heterocycles. The molecule has 112 valence electrons. The first-order valence-corrected chi connectivity index (χ1v) is 7.66. The molecular formula is C17H22FN3. The van der Waals surface area contributed by atoms with Crippen molar-refractivity contribution in [3.05, 3.63) is 35.4 Å². The van der Waals surface area contributed by atoms with Gasteiger partial charge < -0.3 is 10.3 Å². The van der Waals surface area contributed by atoms with E-state index < -0.39 is 0 Å². The van der Waals surface area contributed by atoms with Gasteiger partial charge in [-0.15, -0.1) is 0 Å². The number of nitrogens with zero attached hydrogens (tertiary/aromatic N) is 2. The van der Waals surface area contributed by atoms with Crippen LogP contribution in [-0.2, 0) is 7.05 Å². The molecule has 2 aromatic rings. The number of aromatic nitrogens is 2. The van der Waals surface area contributed by atoms with Crippen LogP contribution in [0.5, 0.6) is 0 Å². The van der Waals surface area contributed by atoms with Gasteiger partial charge in [-0.3, -0.25) is 0 Å². The Labute approximate surface area is 125 Å². The van der Waals surface area contributed by atoms with E-state index in [0.29, 0.717) is 11.7 Å². The first-order chi connectivity index (χ1) is 10.1. The zero-order valence-corrected chi connectivity index (χ0v) is 12.7. The summed E-state index contributed by atoms with van der Waals surface area (Å²) in [4.78, 5) is 4.78. The van der Waals surface area contributed by atoms with Crippen molar-refractivity contribution >= 4 is 5.82 Å². The number of halogens is 1. The van der Waals surface area contributed by atoms with Gasteiger partial charge in [-0.05, 0) is 37.5 Å². The molecule has 1 aliphatic carbocycles. The van der Waals surface area contributed by atoms with Crippen LogP contribution in [0.25, 0.3) is 11.3 Å². The SMILES string of the molecule is Cc1ccc(F)cc1-c1nc(C2CCCCC2)n(C)c1N. The molecule has 1 aliphatic rings. The maximum absolute atomic E-state index is 13.6. The summed E-state index contributed by atoms with van der Waals surface area (Å²) < 4.78 is 15.5. The van der Waals surface area contributed by atoms with Gasteiger partial charge in [0.15, 0.2) is 0 Å². The lowest BCUT2D eigenvalue weighted by Gasteiger charge is -2.21. The molecule has 4 heteroatoms. The maximum atomic E-state index is 13.6. The van der Waals surface area contributed by atoms with Gasteiger partial charge in [-0.2, -0.15) is 0 Å². The van der Waals surface area contributed by atoms with Gasteiger partial charge in [-0.25, -0.2) is 9.37 Å². The number of aryl methyl sites for hydroxylation is 1. The van der Waals surface area contributed by atoms with E-state index in [1.165, 1.54) is 44.2 Å². The first kappa shape index (κ1) is 14.1. The minimum Gasteiger partial charge on any atom is -0.383 e. The minimum absolute atomic E-state index is 0.250. The van der Waals surface area contributed by atoms with Gasteiger partial charge in [0.2, 0.25) is 0 Å². The normalized spacial score (nSPS) is 16.3. The highest BCUT2D eigenvalue weighted by Gasteiger charge is 2.23. The number of anilines is 1. The predicted molar refractivity (Wildman–Crippen MR) is 83.6 cm³/mol. The standard InChI is InChI=1S/C17H22FN3/c1-11-8-9-13(18)10-14(11)15-16(19)21(2)17(20-15)12-6-4-3-5-7-12/h8-10,12H,3-7,19H2,1-2H3. The molecule has 21 heavy (non-hydrogen) atoms. The fraction of sp³-hybridized carbons (Fsp3) is 0.471. The number of benzene rings is 1. The summed E-state index contributed by atoms with van der Waals surface area (Å²) in [5.74, 6) is 1.91. The van der Waals surface area contributed by atoms with E-state index in [-0.39, 0.29) is 5.82 Å². The maximum Gasteiger partial charge on any atom is 0.131 e. The largest absolute Gasteiger partial charge is 0.383 e. The van der Waals surface area contributed by atoms with Crippen LogP contribution in [-0.4, -0.2) is 9.55 Å². The average Bonchev–Trinajstić information content (AvgIpc) is 2.79. The van der Waals surface area contributed by atoms with Gasteiger partial charge in [0, 0.05) is 18.5 Å². The van der Waals surface area contributed by atoms with Gasteiger partial charge in [0.25, 0.3) is 0 Å². The van der Waals surface area contributed by atoms with E-state index in [0.717, 1.165) is 22.6 Å². The Morgan fingerprint density at radius 3 is 2.67 bits per heavy atom. The average molecular weight is 287 g/mol. The van der Waals surface area contributed by atoms with Crippen LogP contribution in [0.4, 0.5) is 10.2 Å². The van der Waals surface area contributed by atoms with Crippen molar-refractivity contribution < 1.29 is 4.39 Å².